The van der Waals surface area contributed by atoms with Gasteiger partial charge in [-0.3, -0.25) is 4.98 Å². The number of hydrogen-bond donors (Lipinski definition) is 0. The van der Waals surface area contributed by atoms with Crippen LogP contribution in [0.2, 0.25) is 0 Å². The third kappa shape index (κ3) is 2.67. The van der Waals surface area contributed by atoms with Crippen LogP contribution in [0.3, 0.4) is 0 Å². The van der Waals surface area contributed by atoms with Crippen molar-refractivity contribution in [1.82, 2.24) is 9.97 Å². The summed E-state index contributed by atoms with van der Waals surface area (Å²) in [6, 6.07) is 4.02. The van der Waals surface area contributed by atoms with Crippen LogP contribution in [0.5, 0.6) is 0 Å². The molecular weight excluding hydrogens is 216 g/mol. The molecule has 2 rings (SSSR count). The number of pyridine rings is 1. The van der Waals surface area contributed by atoms with E-state index in [0.29, 0.717) is 5.41 Å². The lowest BCUT2D eigenvalue weighted by Gasteiger charge is -2.17. The van der Waals surface area contributed by atoms with E-state index in [1.54, 1.807) is 17.5 Å². The van der Waals surface area contributed by atoms with Gasteiger partial charge in [0.05, 0.1) is 11.2 Å². The van der Waals surface area contributed by atoms with E-state index in [9.17, 15) is 0 Å². The molecule has 0 aliphatic heterocycles. The third-order valence-corrected chi connectivity index (χ3v) is 3.10. The Hall–Kier alpha value is -1.22. The van der Waals surface area contributed by atoms with E-state index < -0.39 is 0 Å². The van der Waals surface area contributed by atoms with E-state index in [-0.39, 0.29) is 0 Å². The Kier molecular flexibility index (Phi) is 3.06. The fraction of sp³-hybridized carbons (Fsp3) is 0.385. The van der Waals surface area contributed by atoms with Crippen LogP contribution in [0, 0.1) is 5.41 Å². The van der Waals surface area contributed by atoms with Gasteiger partial charge >= 0.3 is 0 Å². The summed E-state index contributed by atoms with van der Waals surface area (Å²) in [6.07, 6.45) is 4.72. The fourth-order valence-corrected chi connectivity index (χ4v) is 2.70. The molecule has 0 atom stereocenters. The summed E-state index contributed by atoms with van der Waals surface area (Å²) in [5.74, 6) is 0. The second-order valence-electron chi connectivity index (χ2n) is 5.10. The van der Waals surface area contributed by atoms with Crippen LogP contribution in [-0.4, -0.2) is 9.97 Å². The van der Waals surface area contributed by atoms with Crippen LogP contribution in [-0.2, 0) is 6.42 Å². The van der Waals surface area contributed by atoms with Crippen LogP contribution >= 0.6 is 11.3 Å². The standard InChI is InChI=1S/C13H16N2S/c1-13(2,3)7-11-12(15-9-16-11)10-5-4-6-14-8-10/h4-6,8-9H,7H2,1-3H3. The van der Waals surface area contributed by atoms with E-state index in [1.807, 2.05) is 17.8 Å². The summed E-state index contributed by atoms with van der Waals surface area (Å²) in [5.41, 5.74) is 4.42. The quantitative estimate of drug-likeness (QED) is 0.787. The highest BCUT2D eigenvalue weighted by Gasteiger charge is 2.16. The highest BCUT2D eigenvalue weighted by molar-refractivity contribution is 7.10. The summed E-state index contributed by atoms with van der Waals surface area (Å²) >= 11 is 1.73. The van der Waals surface area contributed by atoms with Gasteiger partial charge in [-0.2, -0.15) is 0 Å². The number of aromatic nitrogens is 2. The first kappa shape index (κ1) is 11.3. The molecule has 0 aliphatic rings. The second kappa shape index (κ2) is 4.34. The van der Waals surface area contributed by atoms with Gasteiger partial charge in [0, 0.05) is 22.8 Å². The molecule has 16 heavy (non-hydrogen) atoms. The van der Waals surface area contributed by atoms with Gasteiger partial charge in [0.2, 0.25) is 0 Å². The van der Waals surface area contributed by atoms with Crippen molar-refractivity contribution in [3.63, 3.8) is 0 Å². The summed E-state index contributed by atoms with van der Waals surface area (Å²) in [6.45, 7) is 6.75. The summed E-state index contributed by atoms with van der Waals surface area (Å²) in [7, 11) is 0. The lowest BCUT2D eigenvalue weighted by molar-refractivity contribution is 0.415. The summed E-state index contributed by atoms with van der Waals surface area (Å²) in [5, 5.41) is 0. The molecule has 0 saturated heterocycles. The minimum Gasteiger partial charge on any atom is -0.264 e. The van der Waals surface area contributed by atoms with E-state index >= 15 is 0 Å². The molecule has 0 unspecified atom stereocenters. The van der Waals surface area contributed by atoms with Crippen molar-refractivity contribution in [3.8, 4) is 11.3 Å². The largest absolute Gasteiger partial charge is 0.264 e. The molecular formula is C13H16N2S. The molecule has 0 bridgehead atoms. The fourth-order valence-electron chi connectivity index (χ4n) is 1.62. The number of hydrogen-bond acceptors (Lipinski definition) is 3. The number of thiazole rings is 1. The van der Waals surface area contributed by atoms with Crippen LogP contribution in [0.4, 0.5) is 0 Å². The maximum absolute atomic E-state index is 4.45. The molecule has 0 fully saturated rings. The minimum atomic E-state index is 0.295. The van der Waals surface area contributed by atoms with Crippen molar-refractivity contribution in [2.75, 3.05) is 0 Å². The number of nitrogens with zero attached hydrogens (tertiary/aromatic N) is 2. The zero-order valence-electron chi connectivity index (χ0n) is 9.90. The van der Waals surface area contributed by atoms with Gasteiger partial charge in [0.1, 0.15) is 0 Å². The maximum Gasteiger partial charge on any atom is 0.0858 e. The average molecular weight is 232 g/mol. The Morgan fingerprint density at radius 3 is 2.75 bits per heavy atom. The van der Waals surface area contributed by atoms with E-state index in [2.05, 4.69) is 36.8 Å². The average Bonchev–Trinajstić information content (AvgIpc) is 2.64. The Balaban J connectivity index is 2.33. The molecule has 2 heterocycles. The second-order valence-corrected chi connectivity index (χ2v) is 6.04. The van der Waals surface area contributed by atoms with E-state index in [1.165, 1.54) is 4.88 Å². The van der Waals surface area contributed by atoms with Crippen LogP contribution in [0.1, 0.15) is 25.6 Å². The van der Waals surface area contributed by atoms with E-state index in [0.717, 1.165) is 17.7 Å². The molecule has 0 aromatic carbocycles. The highest BCUT2D eigenvalue weighted by atomic mass is 32.1. The Labute approximate surface area is 100 Å². The van der Waals surface area contributed by atoms with Crippen molar-refractivity contribution < 1.29 is 0 Å². The van der Waals surface area contributed by atoms with Crippen molar-refractivity contribution in [3.05, 3.63) is 34.9 Å². The molecule has 3 heteroatoms. The highest BCUT2D eigenvalue weighted by Crippen LogP contribution is 2.30. The predicted octanol–water partition coefficient (Wildman–Crippen LogP) is 3.79. The Morgan fingerprint density at radius 1 is 1.31 bits per heavy atom. The lowest BCUT2D eigenvalue weighted by Crippen LogP contribution is -2.08. The van der Waals surface area contributed by atoms with Crippen LogP contribution in [0.25, 0.3) is 11.3 Å². The van der Waals surface area contributed by atoms with Gasteiger partial charge in [-0.15, -0.1) is 11.3 Å². The zero-order chi connectivity index (χ0) is 11.6. The van der Waals surface area contributed by atoms with Gasteiger partial charge in [-0.05, 0) is 24.0 Å². The smallest absolute Gasteiger partial charge is 0.0858 e. The molecule has 2 aromatic heterocycles. The normalized spacial score (nSPS) is 11.7. The SMILES string of the molecule is CC(C)(C)Cc1scnc1-c1cccnc1. The van der Waals surface area contributed by atoms with Crippen LogP contribution < -0.4 is 0 Å². The predicted molar refractivity (Wildman–Crippen MR) is 68.5 cm³/mol. The van der Waals surface area contributed by atoms with Gasteiger partial charge < -0.3 is 0 Å². The Bertz CT molecular complexity index is 454. The van der Waals surface area contributed by atoms with Crippen molar-refractivity contribution in [2.24, 2.45) is 5.41 Å². The molecule has 0 amide bonds. The lowest BCUT2D eigenvalue weighted by atomic mass is 9.90. The van der Waals surface area contributed by atoms with Crippen molar-refractivity contribution in [2.45, 2.75) is 27.2 Å². The first-order valence-corrected chi connectivity index (χ1v) is 6.27. The van der Waals surface area contributed by atoms with Gasteiger partial charge in [0.15, 0.2) is 0 Å². The minimum absolute atomic E-state index is 0.295. The molecule has 84 valence electrons. The summed E-state index contributed by atoms with van der Waals surface area (Å²) < 4.78 is 0. The molecule has 0 saturated carbocycles. The van der Waals surface area contributed by atoms with Crippen molar-refractivity contribution in [1.29, 1.82) is 0 Å². The molecule has 0 radical (unpaired) electrons. The van der Waals surface area contributed by atoms with Gasteiger partial charge in [-0.1, -0.05) is 20.8 Å². The third-order valence-electron chi connectivity index (χ3n) is 2.27. The van der Waals surface area contributed by atoms with E-state index in [4.69, 9.17) is 0 Å². The molecule has 2 nitrogen and oxygen atoms in total. The first-order chi connectivity index (χ1) is 7.56. The maximum atomic E-state index is 4.45. The topological polar surface area (TPSA) is 25.8 Å². The monoisotopic (exact) mass is 232 g/mol. The van der Waals surface area contributed by atoms with Crippen molar-refractivity contribution >= 4 is 11.3 Å². The van der Waals surface area contributed by atoms with Crippen LogP contribution in [0.15, 0.2) is 30.0 Å². The van der Waals surface area contributed by atoms with Gasteiger partial charge in [0.25, 0.3) is 0 Å². The molecule has 0 spiro atoms. The van der Waals surface area contributed by atoms with Gasteiger partial charge in [-0.25, -0.2) is 4.98 Å². The molecule has 0 N–H and O–H groups in total. The summed E-state index contributed by atoms with van der Waals surface area (Å²) in [4.78, 5) is 9.94. The number of rotatable bonds is 2. The first-order valence-electron chi connectivity index (χ1n) is 5.39. The zero-order valence-corrected chi connectivity index (χ0v) is 10.7. The Morgan fingerprint density at radius 2 is 2.12 bits per heavy atom. The molecule has 0 aliphatic carbocycles. The molecule has 2 aromatic rings.